The number of aliphatic carboxylic acids is 1. The summed E-state index contributed by atoms with van der Waals surface area (Å²) in [7, 11) is -6.49. The van der Waals surface area contributed by atoms with Gasteiger partial charge in [0.05, 0.1) is 32.3 Å². The van der Waals surface area contributed by atoms with Crippen LogP contribution >= 0.6 is 23.1 Å². The Morgan fingerprint density at radius 2 is 1.58 bits per heavy atom. The molecule has 1 aliphatic heterocycles. The number of hydrogen-bond acceptors (Lipinski definition) is 10. The number of benzene rings is 2. The molecule has 13 nitrogen and oxygen atoms in total. The first-order valence-corrected chi connectivity index (χ1v) is 24.5. The number of allylic oxidation sites excluding steroid dienone is 5. The second-order valence-electron chi connectivity index (χ2n) is 14.8. The van der Waals surface area contributed by atoms with E-state index in [4.69, 9.17) is 0 Å². The summed E-state index contributed by atoms with van der Waals surface area (Å²) in [4.78, 5) is 16.6. The summed E-state index contributed by atoms with van der Waals surface area (Å²) >= 11 is 3.19. The zero-order chi connectivity index (χ0) is 42.4. The molecule has 17 heteroatoms. The number of carboxylic acids is 1. The van der Waals surface area contributed by atoms with Crippen LogP contribution in [0.5, 0.6) is 0 Å². The van der Waals surface area contributed by atoms with Crippen molar-refractivity contribution in [1.82, 2.24) is 14.0 Å². The number of hydrogen-bond donors (Lipinski definition) is 2. The fraction of sp³-hybridized carbons (Fsp3) is 0.302. The number of fused-ring (bicyclic) bond motifs is 2. The first-order valence-electron chi connectivity index (χ1n) is 19.7. The highest BCUT2D eigenvalue weighted by atomic mass is 32.2. The van der Waals surface area contributed by atoms with Gasteiger partial charge in [0.2, 0.25) is 5.52 Å². The Hall–Kier alpha value is -4.91. The number of thiazole rings is 1. The summed E-state index contributed by atoms with van der Waals surface area (Å²) < 4.78 is 74.7. The van der Waals surface area contributed by atoms with E-state index in [9.17, 15) is 35.8 Å². The maximum absolute atomic E-state index is 11.7. The van der Waals surface area contributed by atoms with Gasteiger partial charge in [-0.1, -0.05) is 29.2 Å². The summed E-state index contributed by atoms with van der Waals surface area (Å²) in [5.74, 6) is -1.63. The number of nitrogens with zero attached hydrogens (tertiary/aromatic N) is 5. The van der Waals surface area contributed by atoms with E-state index in [2.05, 4.69) is 62.9 Å². The van der Waals surface area contributed by atoms with Crippen molar-refractivity contribution in [3.05, 3.63) is 131 Å². The molecule has 0 atom stereocenters. The fourth-order valence-corrected chi connectivity index (χ4v) is 10.8. The number of carboxylic acid groups (broad SMARTS) is 1. The number of carbonyl (C=O) groups is 1. The molecule has 0 fully saturated rings. The van der Waals surface area contributed by atoms with E-state index in [1.165, 1.54) is 0 Å². The molecule has 5 aromatic rings. The largest absolute Gasteiger partial charge is 0.748 e. The van der Waals surface area contributed by atoms with Crippen LogP contribution in [0.25, 0.3) is 27.7 Å². The van der Waals surface area contributed by atoms with Crippen molar-refractivity contribution in [2.75, 3.05) is 36.5 Å². The van der Waals surface area contributed by atoms with Crippen LogP contribution < -0.4 is 9.47 Å². The standard InChI is InChI=1S/C43H47N5O8S4/c1-44(21-3-2-10-42(49)50)43-32(13-19-40-47(26-8-28-59(51,52)53)36-30-34(15-17-38(36)57-40)45-22-4-5-23-45)11-12-33(43)14-20-41-48(27-9-29-60(54,55)56)37-31-35(16-18-39(37)58-41)46-24-6-7-25-46/h4-7,13-20,22-25,30-31H,2-3,8-12,21,26-29H2,1H3,(H2-,49,50,51,52,53,54,55,56). The third kappa shape index (κ3) is 10.9. The zero-order valence-corrected chi connectivity index (χ0v) is 36.4. The number of unbranched alkanes of at least 4 members (excludes halogenated alkanes) is 1. The molecule has 2 aliphatic rings. The minimum Gasteiger partial charge on any atom is -0.748 e. The maximum atomic E-state index is 11.7. The monoisotopic (exact) mass is 889 g/mol. The van der Waals surface area contributed by atoms with E-state index in [0.29, 0.717) is 32.5 Å². The van der Waals surface area contributed by atoms with Crippen LogP contribution in [0.1, 0.15) is 50.0 Å². The Morgan fingerprint density at radius 1 is 0.883 bits per heavy atom. The number of aromatic nitrogens is 3. The Bertz CT molecular complexity index is 2700. The van der Waals surface area contributed by atoms with Crippen molar-refractivity contribution in [2.45, 2.75) is 56.4 Å². The third-order valence-corrected chi connectivity index (χ3v) is 14.3. The van der Waals surface area contributed by atoms with Gasteiger partial charge in [-0.05, 0) is 110 Å². The van der Waals surface area contributed by atoms with Crippen LogP contribution in [0, 0.1) is 0 Å². The zero-order valence-electron chi connectivity index (χ0n) is 33.1. The first-order chi connectivity index (χ1) is 28.7. The minimum atomic E-state index is -4.38. The molecule has 2 aromatic carbocycles. The molecule has 60 heavy (non-hydrogen) atoms. The second-order valence-corrected chi connectivity index (χ2v) is 20.0. The molecular weight excluding hydrogens is 843 g/mol. The number of likely N-dealkylation sites (N-methyl/N-ethyl adjacent to an activating group) is 1. The van der Waals surface area contributed by atoms with Gasteiger partial charge in [0.15, 0.2) is 6.54 Å². The number of thioether (sulfide) groups is 1. The number of anilines is 1. The molecule has 0 amide bonds. The van der Waals surface area contributed by atoms with E-state index in [1.54, 1.807) is 23.1 Å². The highest BCUT2D eigenvalue weighted by Crippen LogP contribution is 2.47. The lowest BCUT2D eigenvalue weighted by molar-refractivity contribution is -0.668. The predicted molar refractivity (Wildman–Crippen MR) is 236 cm³/mol. The Labute approximate surface area is 358 Å². The number of aryl methyl sites for hydroxylation is 1. The quantitative estimate of drug-likeness (QED) is 0.0476. The van der Waals surface area contributed by atoms with E-state index in [0.717, 1.165) is 71.9 Å². The van der Waals surface area contributed by atoms with E-state index in [1.807, 2.05) is 77.4 Å². The topological polar surface area (TPSA) is 169 Å². The van der Waals surface area contributed by atoms with E-state index < -0.39 is 32.0 Å². The molecule has 3 aromatic heterocycles. The first kappa shape index (κ1) is 43.2. The smallest absolute Gasteiger partial charge is 0.303 e. The van der Waals surface area contributed by atoms with Crippen LogP contribution in [0.4, 0.5) is 5.69 Å². The van der Waals surface area contributed by atoms with E-state index in [-0.39, 0.29) is 25.0 Å². The summed E-state index contributed by atoms with van der Waals surface area (Å²) in [6.07, 6.45) is 19.5. The second kappa shape index (κ2) is 18.8. The normalized spacial score (nSPS) is 16.0. The molecule has 0 radical (unpaired) electrons. The highest BCUT2D eigenvalue weighted by Gasteiger charge is 2.27. The average molecular weight is 890 g/mol. The maximum Gasteiger partial charge on any atom is 0.303 e. The molecule has 316 valence electrons. The lowest BCUT2D eigenvalue weighted by Crippen LogP contribution is -2.36. The molecular formula is C43H47N5O8S4. The van der Waals surface area contributed by atoms with Gasteiger partial charge in [-0.3, -0.25) is 9.35 Å². The molecule has 0 spiro atoms. The summed E-state index contributed by atoms with van der Waals surface area (Å²) in [5.41, 5.74) is 7.08. The van der Waals surface area contributed by atoms with Crippen LogP contribution in [0.3, 0.4) is 0 Å². The lowest BCUT2D eigenvalue weighted by Gasteiger charge is -2.23. The summed E-state index contributed by atoms with van der Waals surface area (Å²) in [5, 5.41) is 11.1. The fourth-order valence-electron chi connectivity index (χ4n) is 7.64. The predicted octanol–water partition coefficient (Wildman–Crippen LogP) is 7.61. The Kier molecular flexibility index (Phi) is 13.5. The van der Waals surface area contributed by atoms with Crippen molar-refractivity contribution in [2.24, 2.45) is 0 Å². The molecule has 0 saturated heterocycles. The third-order valence-electron chi connectivity index (χ3n) is 10.4. The molecule has 4 heterocycles. The Balaban J connectivity index is 1.23. The molecule has 0 saturated carbocycles. The van der Waals surface area contributed by atoms with Gasteiger partial charge >= 0.3 is 5.97 Å². The Morgan fingerprint density at radius 3 is 2.27 bits per heavy atom. The highest BCUT2D eigenvalue weighted by molar-refractivity contribution is 8.03. The van der Waals surface area contributed by atoms with Gasteiger partial charge in [-0.25, -0.2) is 8.42 Å². The van der Waals surface area contributed by atoms with Crippen LogP contribution in [0.2, 0.25) is 0 Å². The summed E-state index contributed by atoms with van der Waals surface area (Å²) in [6.45, 7) is 1.37. The molecule has 2 N–H and O–H groups in total. The van der Waals surface area contributed by atoms with Gasteiger partial charge in [-0.15, -0.1) is 0 Å². The molecule has 7 rings (SSSR count). The lowest BCUT2D eigenvalue weighted by atomic mass is 10.1. The van der Waals surface area contributed by atoms with Gasteiger partial charge in [0, 0.05) is 91.9 Å². The molecule has 1 aliphatic carbocycles. The van der Waals surface area contributed by atoms with E-state index >= 15 is 0 Å². The molecule has 0 unspecified atom stereocenters. The van der Waals surface area contributed by atoms with Crippen LogP contribution in [-0.2, 0) is 31.6 Å². The van der Waals surface area contributed by atoms with Crippen molar-refractivity contribution in [3.8, 4) is 11.4 Å². The van der Waals surface area contributed by atoms with Gasteiger partial charge in [0.25, 0.3) is 15.1 Å². The average Bonchev–Trinajstić information content (AvgIpc) is 4.05. The summed E-state index contributed by atoms with van der Waals surface area (Å²) in [6, 6.07) is 20.2. The number of rotatable bonds is 19. The van der Waals surface area contributed by atoms with Crippen molar-refractivity contribution >= 4 is 71.3 Å². The van der Waals surface area contributed by atoms with Crippen LogP contribution in [0.15, 0.2) is 130 Å². The van der Waals surface area contributed by atoms with Gasteiger partial charge < -0.3 is 28.6 Å². The van der Waals surface area contributed by atoms with Gasteiger partial charge in [-0.2, -0.15) is 13.0 Å². The minimum absolute atomic E-state index is 0.0946. The van der Waals surface area contributed by atoms with Crippen molar-refractivity contribution in [1.29, 1.82) is 0 Å². The van der Waals surface area contributed by atoms with Gasteiger partial charge in [0.1, 0.15) is 4.70 Å². The van der Waals surface area contributed by atoms with Crippen molar-refractivity contribution in [3.63, 3.8) is 0 Å². The van der Waals surface area contributed by atoms with Crippen LogP contribution in [-0.4, -0.2) is 82.7 Å². The molecule has 0 bridgehead atoms. The van der Waals surface area contributed by atoms with Crippen molar-refractivity contribution < 1.29 is 40.4 Å². The SMILES string of the molecule is CN(CCCCC(=O)O)C1=C(/C=C/c2sc3ccc(-n4cccc4)cc3[n+]2CCCS(=O)(=O)[O-])CC/C1=C\C=C1/Sc2ccc(-n3cccc3)cc2N1CCCS(=O)(=O)O.